The van der Waals surface area contributed by atoms with Gasteiger partial charge in [0.15, 0.2) is 0 Å². The molecule has 1 aromatic carbocycles. The zero-order valence-electron chi connectivity index (χ0n) is 7.24. The molecule has 0 fully saturated rings. The largest absolute Gasteiger partial charge is 0.256 e. The lowest BCUT2D eigenvalue weighted by molar-refractivity contribution is 0.628. The fourth-order valence-electron chi connectivity index (χ4n) is 1.21. The van der Waals surface area contributed by atoms with E-state index in [1.165, 1.54) is 12.1 Å². The van der Waals surface area contributed by atoms with E-state index in [1.807, 2.05) is 0 Å². The van der Waals surface area contributed by atoms with E-state index in [-0.39, 0.29) is 5.82 Å². The minimum Gasteiger partial charge on any atom is -0.256 e. The molecule has 70 valence electrons. The number of rotatable bonds is 1. The van der Waals surface area contributed by atoms with E-state index in [4.69, 9.17) is 11.6 Å². The maximum absolute atomic E-state index is 12.9. The van der Waals surface area contributed by atoms with Crippen molar-refractivity contribution in [1.82, 2.24) is 4.98 Å². The third kappa shape index (κ3) is 1.91. The number of hydrogen-bond acceptors (Lipinski definition) is 1. The summed E-state index contributed by atoms with van der Waals surface area (Å²) in [6.45, 7) is 0. The molecular weight excluding hydrogens is 201 g/mol. The molecule has 1 aromatic heterocycles. The summed E-state index contributed by atoms with van der Waals surface area (Å²) in [6.07, 6.45) is 1.60. The number of halogens is 2. The molecule has 0 radical (unpaired) electrons. The highest BCUT2D eigenvalue weighted by molar-refractivity contribution is 6.30. The van der Waals surface area contributed by atoms with Crippen LogP contribution in [0.25, 0.3) is 11.3 Å². The molecule has 2 rings (SSSR count). The van der Waals surface area contributed by atoms with Crippen LogP contribution in [0.3, 0.4) is 0 Å². The second kappa shape index (κ2) is 3.76. The lowest BCUT2D eigenvalue weighted by Gasteiger charge is -2.00. The smallest absolute Gasteiger partial charge is 0.123 e. The molecule has 0 unspecified atom stereocenters. The molecule has 3 heteroatoms. The van der Waals surface area contributed by atoms with Gasteiger partial charge in [0, 0.05) is 16.8 Å². The number of nitrogens with zero attached hydrogens (tertiary/aromatic N) is 1. The molecule has 0 N–H and O–H groups in total. The van der Waals surface area contributed by atoms with Gasteiger partial charge >= 0.3 is 0 Å². The molecule has 0 aliphatic rings. The van der Waals surface area contributed by atoms with Crippen molar-refractivity contribution in [2.24, 2.45) is 0 Å². The number of benzene rings is 1. The molecule has 1 heterocycles. The van der Waals surface area contributed by atoms with Crippen molar-refractivity contribution >= 4 is 11.6 Å². The first kappa shape index (κ1) is 9.16. The zero-order valence-corrected chi connectivity index (χ0v) is 8.00. The minimum atomic E-state index is -0.274. The quantitative estimate of drug-likeness (QED) is 0.697. The summed E-state index contributed by atoms with van der Waals surface area (Å²) in [5.74, 6) is -0.274. The average molecular weight is 208 g/mol. The molecule has 0 amide bonds. The van der Waals surface area contributed by atoms with Crippen molar-refractivity contribution in [3.8, 4) is 11.3 Å². The van der Waals surface area contributed by atoms with Gasteiger partial charge in [0.1, 0.15) is 5.82 Å². The van der Waals surface area contributed by atoms with Crippen LogP contribution >= 0.6 is 11.6 Å². The summed E-state index contributed by atoms with van der Waals surface area (Å²) in [5.41, 5.74) is 1.41. The molecule has 0 aliphatic heterocycles. The van der Waals surface area contributed by atoms with E-state index < -0.39 is 0 Å². The highest BCUT2D eigenvalue weighted by Gasteiger charge is 2.00. The van der Waals surface area contributed by atoms with Crippen LogP contribution in [0.5, 0.6) is 0 Å². The normalized spacial score (nSPS) is 10.1. The van der Waals surface area contributed by atoms with Crippen LogP contribution in [0.15, 0.2) is 42.6 Å². The van der Waals surface area contributed by atoms with Crippen molar-refractivity contribution in [2.45, 2.75) is 0 Å². The van der Waals surface area contributed by atoms with Crippen molar-refractivity contribution in [3.63, 3.8) is 0 Å². The van der Waals surface area contributed by atoms with E-state index in [2.05, 4.69) is 4.98 Å². The van der Waals surface area contributed by atoms with E-state index in [1.54, 1.807) is 30.5 Å². The van der Waals surface area contributed by atoms with Gasteiger partial charge in [0.05, 0.1) is 5.69 Å². The Labute approximate surface area is 86.2 Å². The van der Waals surface area contributed by atoms with Crippen LogP contribution in [0.4, 0.5) is 4.39 Å². The second-order valence-corrected chi connectivity index (χ2v) is 3.31. The molecule has 1 nitrogen and oxygen atoms in total. The van der Waals surface area contributed by atoms with Gasteiger partial charge in [-0.05, 0) is 24.3 Å². The number of pyridine rings is 1. The zero-order chi connectivity index (χ0) is 9.97. The van der Waals surface area contributed by atoms with Crippen molar-refractivity contribution < 1.29 is 4.39 Å². The Balaban J connectivity index is 2.49. The Hall–Kier alpha value is -1.41. The molecule has 0 spiro atoms. The summed E-state index contributed by atoms with van der Waals surface area (Å²) >= 11 is 5.80. The summed E-state index contributed by atoms with van der Waals surface area (Å²) in [4.78, 5) is 4.10. The van der Waals surface area contributed by atoms with Gasteiger partial charge < -0.3 is 0 Å². The van der Waals surface area contributed by atoms with Crippen molar-refractivity contribution in [2.75, 3.05) is 0 Å². The lowest BCUT2D eigenvalue weighted by Crippen LogP contribution is -1.83. The molecular formula is C11H7ClFN. The van der Waals surface area contributed by atoms with Crippen molar-refractivity contribution in [1.29, 1.82) is 0 Å². The van der Waals surface area contributed by atoms with Crippen LogP contribution in [-0.2, 0) is 0 Å². The Bertz CT molecular complexity index is 413. The van der Waals surface area contributed by atoms with E-state index in [0.29, 0.717) is 10.7 Å². The minimum absolute atomic E-state index is 0.274. The summed E-state index contributed by atoms with van der Waals surface area (Å²) in [7, 11) is 0. The van der Waals surface area contributed by atoms with Gasteiger partial charge in [-0.1, -0.05) is 23.7 Å². The first-order chi connectivity index (χ1) is 6.75. The van der Waals surface area contributed by atoms with Gasteiger partial charge in [-0.2, -0.15) is 0 Å². The molecule has 2 aromatic rings. The lowest BCUT2D eigenvalue weighted by atomic mass is 10.1. The Morgan fingerprint density at radius 2 is 2.00 bits per heavy atom. The van der Waals surface area contributed by atoms with Crippen LogP contribution in [0, 0.1) is 5.82 Å². The summed E-state index contributed by atoms with van der Waals surface area (Å²) in [6, 6.07) is 9.66. The highest BCUT2D eigenvalue weighted by Crippen LogP contribution is 2.20. The van der Waals surface area contributed by atoms with Gasteiger partial charge in [0.25, 0.3) is 0 Å². The van der Waals surface area contributed by atoms with Crippen LogP contribution in [0.1, 0.15) is 0 Å². The molecule has 0 aliphatic carbocycles. The van der Waals surface area contributed by atoms with Crippen LogP contribution < -0.4 is 0 Å². The van der Waals surface area contributed by atoms with Gasteiger partial charge in [0.2, 0.25) is 0 Å². The topological polar surface area (TPSA) is 12.9 Å². The van der Waals surface area contributed by atoms with Gasteiger partial charge in [-0.15, -0.1) is 0 Å². The van der Waals surface area contributed by atoms with Gasteiger partial charge in [-0.25, -0.2) is 4.39 Å². The van der Waals surface area contributed by atoms with Crippen LogP contribution in [0.2, 0.25) is 5.02 Å². The highest BCUT2D eigenvalue weighted by atomic mass is 35.5. The predicted octanol–water partition coefficient (Wildman–Crippen LogP) is 3.54. The Morgan fingerprint density at radius 3 is 2.71 bits per heavy atom. The molecule has 0 saturated carbocycles. The van der Waals surface area contributed by atoms with E-state index in [9.17, 15) is 4.39 Å². The summed E-state index contributed by atoms with van der Waals surface area (Å²) < 4.78 is 12.9. The molecule has 0 bridgehead atoms. The first-order valence-electron chi connectivity index (χ1n) is 4.13. The maximum Gasteiger partial charge on any atom is 0.123 e. The third-order valence-electron chi connectivity index (χ3n) is 1.84. The SMILES string of the molecule is Fc1cccc(-c2cc(Cl)ccn2)c1. The average Bonchev–Trinajstić information content (AvgIpc) is 2.18. The summed E-state index contributed by atoms with van der Waals surface area (Å²) in [5, 5.41) is 0.597. The number of hydrogen-bond donors (Lipinski definition) is 0. The fourth-order valence-corrected chi connectivity index (χ4v) is 1.37. The van der Waals surface area contributed by atoms with Gasteiger partial charge in [-0.3, -0.25) is 4.98 Å². The third-order valence-corrected chi connectivity index (χ3v) is 2.08. The predicted molar refractivity (Wildman–Crippen MR) is 54.6 cm³/mol. The maximum atomic E-state index is 12.9. The van der Waals surface area contributed by atoms with Crippen LogP contribution in [-0.4, -0.2) is 4.98 Å². The Morgan fingerprint density at radius 1 is 1.14 bits per heavy atom. The monoisotopic (exact) mass is 207 g/mol. The second-order valence-electron chi connectivity index (χ2n) is 2.87. The fraction of sp³-hybridized carbons (Fsp3) is 0. The molecule has 0 saturated heterocycles. The van der Waals surface area contributed by atoms with E-state index in [0.717, 1.165) is 5.56 Å². The molecule has 14 heavy (non-hydrogen) atoms. The standard InChI is InChI=1S/C11H7ClFN/c12-9-4-5-14-11(7-9)8-2-1-3-10(13)6-8/h1-7H. The van der Waals surface area contributed by atoms with Crippen molar-refractivity contribution in [3.05, 3.63) is 53.4 Å². The number of aromatic nitrogens is 1. The molecule has 0 atom stereocenters. The first-order valence-corrected chi connectivity index (χ1v) is 4.51. The Kier molecular flexibility index (Phi) is 2.46. The van der Waals surface area contributed by atoms with E-state index >= 15 is 0 Å².